The van der Waals surface area contributed by atoms with Crippen LogP contribution in [0.5, 0.6) is 0 Å². The quantitative estimate of drug-likeness (QED) is 0.758. The van der Waals surface area contributed by atoms with Gasteiger partial charge in [-0.25, -0.2) is 0 Å². The van der Waals surface area contributed by atoms with Crippen LogP contribution in [-0.2, 0) is 4.79 Å². The molecule has 5 heteroatoms. The van der Waals surface area contributed by atoms with E-state index < -0.39 is 24.0 Å². The van der Waals surface area contributed by atoms with Crippen molar-refractivity contribution in [2.75, 3.05) is 0 Å². The number of hydrogen-bond donors (Lipinski definition) is 1. The molecule has 0 atom stereocenters. The van der Waals surface area contributed by atoms with E-state index in [2.05, 4.69) is 0 Å². The highest BCUT2D eigenvalue weighted by Crippen LogP contribution is 2.33. The number of carbonyl (C=O) groups is 1. The Morgan fingerprint density at radius 3 is 2.14 bits per heavy atom. The van der Waals surface area contributed by atoms with Crippen molar-refractivity contribution in [3.05, 3.63) is 0 Å². The van der Waals surface area contributed by atoms with E-state index in [-0.39, 0.29) is 0 Å². The average Bonchev–Trinajstić information content (AvgIpc) is 2.02. The monoisotopic (exact) mass is 210 g/mol. The van der Waals surface area contributed by atoms with Crippen LogP contribution in [0.15, 0.2) is 0 Å². The zero-order valence-electron chi connectivity index (χ0n) is 7.73. The number of halogens is 3. The van der Waals surface area contributed by atoms with Crippen LogP contribution in [0.4, 0.5) is 13.2 Å². The minimum Gasteiger partial charge on any atom is -0.389 e. The number of alkyl halides is 3. The zero-order valence-corrected chi connectivity index (χ0v) is 7.73. The zero-order chi connectivity index (χ0) is 10.8. The van der Waals surface area contributed by atoms with Crippen LogP contribution in [0.1, 0.15) is 38.5 Å². The van der Waals surface area contributed by atoms with Gasteiger partial charge < -0.3 is 5.11 Å². The predicted octanol–water partition coefficient (Wildman–Crippen LogP) is 2.20. The van der Waals surface area contributed by atoms with Gasteiger partial charge in [0.05, 0.1) is 5.60 Å². The van der Waals surface area contributed by atoms with Crippen LogP contribution in [0.2, 0.25) is 0 Å². The first kappa shape index (κ1) is 11.5. The van der Waals surface area contributed by atoms with Crippen LogP contribution in [0.25, 0.3) is 0 Å². The van der Waals surface area contributed by atoms with Crippen molar-refractivity contribution in [1.82, 2.24) is 0 Å². The van der Waals surface area contributed by atoms with Crippen molar-refractivity contribution >= 4 is 5.78 Å². The van der Waals surface area contributed by atoms with E-state index >= 15 is 0 Å². The van der Waals surface area contributed by atoms with E-state index in [0.717, 1.165) is 6.42 Å². The molecular formula is C9H13F3O2. The number of Topliss-reactive ketones (excluding diaryl/α,β-unsaturated/α-hetero) is 1. The second-order valence-corrected chi connectivity index (χ2v) is 3.88. The molecule has 82 valence electrons. The maximum Gasteiger partial charge on any atom is 0.450 e. The van der Waals surface area contributed by atoms with E-state index in [1.807, 2.05) is 0 Å². The number of ketones is 1. The summed E-state index contributed by atoms with van der Waals surface area (Å²) in [6, 6.07) is 0. The van der Waals surface area contributed by atoms with Crippen LogP contribution < -0.4 is 0 Å². The smallest absolute Gasteiger partial charge is 0.389 e. The Labute approximate surface area is 80.1 Å². The Kier molecular flexibility index (Phi) is 3.19. The summed E-state index contributed by atoms with van der Waals surface area (Å²) in [4.78, 5) is 10.7. The molecule has 0 amide bonds. The van der Waals surface area contributed by atoms with Crippen LogP contribution >= 0.6 is 0 Å². The summed E-state index contributed by atoms with van der Waals surface area (Å²) in [6.07, 6.45) is -2.68. The van der Waals surface area contributed by atoms with Crippen LogP contribution in [-0.4, -0.2) is 22.7 Å². The van der Waals surface area contributed by atoms with Crippen molar-refractivity contribution in [1.29, 1.82) is 0 Å². The SMILES string of the molecule is O=C(CC1(O)CCCCC1)C(F)(F)F. The first-order chi connectivity index (χ1) is 6.33. The summed E-state index contributed by atoms with van der Waals surface area (Å²) in [7, 11) is 0. The lowest BCUT2D eigenvalue weighted by Crippen LogP contribution is -2.38. The van der Waals surface area contributed by atoms with Gasteiger partial charge in [-0.05, 0) is 12.8 Å². The minimum absolute atomic E-state index is 0.300. The Hall–Kier alpha value is -0.580. The van der Waals surface area contributed by atoms with Gasteiger partial charge in [0, 0.05) is 6.42 Å². The van der Waals surface area contributed by atoms with E-state index in [9.17, 15) is 23.1 Å². The molecule has 0 radical (unpaired) electrons. The molecule has 0 bridgehead atoms. The molecule has 1 saturated carbocycles. The second kappa shape index (κ2) is 3.88. The molecule has 0 unspecified atom stereocenters. The van der Waals surface area contributed by atoms with E-state index in [4.69, 9.17) is 0 Å². The van der Waals surface area contributed by atoms with Gasteiger partial charge in [0.25, 0.3) is 0 Å². The lowest BCUT2D eigenvalue weighted by molar-refractivity contribution is -0.176. The van der Waals surface area contributed by atoms with Crippen molar-refractivity contribution in [3.63, 3.8) is 0 Å². The molecule has 14 heavy (non-hydrogen) atoms. The Morgan fingerprint density at radius 1 is 1.21 bits per heavy atom. The third-order valence-electron chi connectivity index (χ3n) is 2.59. The first-order valence-electron chi connectivity index (χ1n) is 4.66. The maximum atomic E-state index is 11.9. The van der Waals surface area contributed by atoms with Gasteiger partial charge in [0.2, 0.25) is 5.78 Å². The molecule has 0 saturated heterocycles. The lowest BCUT2D eigenvalue weighted by Gasteiger charge is -2.31. The molecule has 0 aromatic carbocycles. The molecule has 0 heterocycles. The number of aliphatic hydroxyl groups is 1. The Morgan fingerprint density at radius 2 is 1.71 bits per heavy atom. The van der Waals surface area contributed by atoms with Gasteiger partial charge in [0.1, 0.15) is 0 Å². The molecule has 1 fully saturated rings. The number of carbonyl (C=O) groups excluding carboxylic acids is 1. The summed E-state index contributed by atoms with van der Waals surface area (Å²) in [5.41, 5.74) is -1.41. The molecule has 0 aromatic rings. The lowest BCUT2D eigenvalue weighted by atomic mass is 9.81. The highest BCUT2D eigenvalue weighted by Gasteiger charge is 2.43. The van der Waals surface area contributed by atoms with Crippen LogP contribution in [0.3, 0.4) is 0 Å². The molecule has 2 nitrogen and oxygen atoms in total. The summed E-state index contributed by atoms with van der Waals surface area (Å²) >= 11 is 0. The molecule has 1 rings (SSSR count). The van der Waals surface area contributed by atoms with Gasteiger partial charge in [0.15, 0.2) is 0 Å². The van der Waals surface area contributed by atoms with Gasteiger partial charge >= 0.3 is 6.18 Å². The summed E-state index contributed by atoms with van der Waals surface area (Å²) in [5.74, 6) is -1.82. The fourth-order valence-electron chi connectivity index (χ4n) is 1.79. The summed E-state index contributed by atoms with van der Waals surface area (Å²) < 4.78 is 35.7. The molecule has 0 spiro atoms. The van der Waals surface area contributed by atoms with Crippen LogP contribution in [0, 0.1) is 0 Å². The number of rotatable bonds is 2. The Balaban J connectivity index is 2.54. The third-order valence-corrected chi connectivity index (χ3v) is 2.59. The standard InChI is InChI=1S/C9H13F3O2/c10-9(11,12)7(13)6-8(14)4-2-1-3-5-8/h14H,1-6H2. The van der Waals surface area contributed by atoms with Gasteiger partial charge in [-0.15, -0.1) is 0 Å². The van der Waals surface area contributed by atoms with E-state index in [1.54, 1.807) is 0 Å². The van der Waals surface area contributed by atoms with Gasteiger partial charge in [-0.2, -0.15) is 13.2 Å². The average molecular weight is 210 g/mol. The van der Waals surface area contributed by atoms with Crippen molar-refractivity contribution < 1.29 is 23.1 Å². The first-order valence-corrected chi connectivity index (χ1v) is 4.66. The molecule has 1 aliphatic carbocycles. The minimum atomic E-state index is -4.81. The largest absolute Gasteiger partial charge is 0.450 e. The fraction of sp³-hybridized carbons (Fsp3) is 0.889. The summed E-state index contributed by atoms with van der Waals surface area (Å²) in [6.45, 7) is 0. The molecule has 1 N–H and O–H groups in total. The molecular weight excluding hydrogens is 197 g/mol. The van der Waals surface area contributed by atoms with E-state index in [1.165, 1.54) is 0 Å². The van der Waals surface area contributed by atoms with Crippen molar-refractivity contribution in [2.45, 2.75) is 50.3 Å². The molecule has 0 aliphatic heterocycles. The van der Waals surface area contributed by atoms with Gasteiger partial charge in [-0.3, -0.25) is 4.79 Å². The summed E-state index contributed by atoms with van der Waals surface area (Å²) in [5, 5.41) is 9.68. The topological polar surface area (TPSA) is 37.3 Å². The predicted molar refractivity (Wildman–Crippen MR) is 43.7 cm³/mol. The number of hydrogen-bond acceptors (Lipinski definition) is 2. The van der Waals surface area contributed by atoms with E-state index in [0.29, 0.717) is 25.7 Å². The third kappa shape index (κ3) is 2.97. The Bertz CT molecular complexity index is 217. The highest BCUT2D eigenvalue weighted by molar-refractivity contribution is 5.84. The molecule has 0 aromatic heterocycles. The van der Waals surface area contributed by atoms with Crippen molar-refractivity contribution in [2.24, 2.45) is 0 Å². The fourth-order valence-corrected chi connectivity index (χ4v) is 1.79. The van der Waals surface area contributed by atoms with Gasteiger partial charge in [-0.1, -0.05) is 19.3 Å². The maximum absolute atomic E-state index is 11.9. The normalized spacial score (nSPS) is 22.0. The second-order valence-electron chi connectivity index (χ2n) is 3.88. The molecule has 1 aliphatic rings. The van der Waals surface area contributed by atoms with Crippen molar-refractivity contribution in [3.8, 4) is 0 Å². The highest BCUT2D eigenvalue weighted by atomic mass is 19.4.